The summed E-state index contributed by atoms with van der Waals surface area (Å²) in [6, 6.07) is 3.02. The fraction of sp³-hybridized carbons (Fsp3) is 0.235. The molecule has 1 N–H and O–H groups in total. The molecular weight excluding hydrogens is 348 g/mol. The maximum Gasteiger partial charge on any atom is 0.279 e. The number of amides is 1. The highest BCUT2D eigenvalue weighted by Gasteiger charge is 2.32. The third kappa shape index (κ3) is 3.34. The minimum atomic E-state index is -0.759. The van der Waals surface area contributed by atoms with Crippen molar-refractivity contribution < 1.29 is 13.6 Å². The minimum absolute atomic E-state index is 0.0774. The van der Waals surface area contributed by atoms with E-state index in [0.29, 0.717) is 16.7 Å². The van der Waals surface area contributed by atoms with Gasteiger partial charge >= 0.3 is 0 Å². The molecule has 5 nitrogen and oxygen atoms in total. The summed E-state index contributed by atoms with van der Waals surface area (Å²) in [5.74, 6) is -1.75. The highest BCUT2D eigenvalue weighted by atomic mass is 32.2. The molecule has 0 bridgehead atoms. The topological polar surface area (TPSA) is 64.0 Å². The van der Waals surface area contributed by atoms with Crippen LogP contribution in [0.5, 0.6) is 0 Å². The summed E-state index contributed by atoms with van der Waals surface area (Å²) in [6.45, 7) is 3.62. The van der Waals surface area contributed by atoms with E-state index in [-0.39, 0.29) is 23.5 Å². The third-order valence-electron chi connectivity index (χ3n) is 3.92. The smallest absolute Gasteiger partial charge is 0.279 e. The number of aromatic nitrogens is 2. The van der Waals surface area contributed by atoms with E-state index in [2.05, 4.69) is 16.9 Å². The van der Waals surface area contributed by atoms with Gasteiger partial charge in [0.25, 0.3) is 5.56 Å². The predicted molar refractivity (Wildman–Crippen MR) is 91.8 cm³/mol. The van der Waals surface area contributed by atoms with E-state index >= 15 is 0 Å². The number of hydrogen-bond donors (Lipinski definition) is 1. The lowest BCUT2D eigenvalue weighted by atomic mass is 9.86. The van der Waals surface area contributed by atoms with Gasteiger partial charge in [-0.25, -0.2) is 8.78 Å². The van der Waals surface area contributed by atoms with Crippen LogP contribution in [0, 0.1) is 11.6 Å². The van der Waals surface area contributed by atoms with Crippen molar-refractivity contribution in [1.29, 1.82) is 0 Å². The van der Waals surface area contributed by atoms with E-state index in [4.69, 9.17) is 0 Å². The third-order valence-corrected chi connectivity index (χ3v) is 4.94. The van der Waals surface area contributed by atoms with Gasteiger partial charge in [0.1, 0.15) is 17.5 Å². The van der Waals surface area contributed by atoms with Gasteiger partial charge in [-0.05, 0) is 17.7 Å². The fourth-order valence-corrected chi connectivity index (χ4v) is 3.56. The molecule has 3 rings (SSSR count). The van der Waals surface area contributed by atoms with Gasteiger partial charge in [0.15, 0.2) is 5.16 Å². The minimum Gasteiger partial charge on any atom is -0.312 e. The molecule has 1 aliphatic rings. The van der Waals surface area contributed by atoms with Crippen LogP contribution in [0.25, 0.3) is 0 Å². The zero-order valence-corrected chi connectivity index (χ0v) is 14.2. The lowest BCUT2D eigenvalue weighted by molar-refractivity contribution is -0.116. The summed E-state index contributed by atoms with van der Waals surface area (Å²) in [7, 11) is 1.67. The molecule has 1 unspecified atom stereocenters. The van der Waals surface area contributed by atoms with E-state index in [1.165, 1.54) is 11.8 Å². The summed E-state index contributed by atoms with van der Waals surface area (Å²) >= 11 is 1.30. The van der Waals surface area contributed by atoms with Crippen LogP contribution in [0.15, 0.2) is 40.8 Å². The van der Waals surface area contributed by atoms with Crippen LogP contribution < -0.4 is 10.9 Å². The molecule has 0 fully saturated rings. The van der Waals surface area contributed by atoms with E-state index < -0.39 is 23.1 Å². The number of benzene rings is 1. The number of anilines is 1. The zero-order chi connectivity index (χ0) is 18.1. The number of halogens is 2. The number of rotatable bonds is 4. The number of carbonyl (C=O) groups excluding carboxylic acids is 1. The van der Waals surface area contributed by atoms with Crippen molar-refractivity contribution in [3.63, 3.8) is 0 Å². The first-order valence-electron chi connectivity index (χ1n) is 7.51. The molecule has 1 aromatic carbocycles. The fourth-order valence-electron chi connectivity index (χ4n) is 2.86. The Hall–Kier alpha value is -2.48. The Morgan fingerprint density at radius 3 is 2.68 bits per heavy atom. The van der Waals surface area contributed by atoms with Gasteiger partial charge in [-0.1, -0.05) is 17.8 Å². The van der Waals surface area contributed by atoms with Crippen molar-refractivity contribution in [3.05, 3.63) is 64.0 Å². The molecule has 2 heterocycles. The summed E-state index contributed by atoms with van der Waals surface area (Å²) in [4.78, 5) is 28.7. The lowest BCUT2D eigenvalue weighted by Crippen LogP contribution is -2.33. The SMILES string of the molecule is C=CCSc1nc(=O)c2c(n1C)NC(=O)CC2c1cc(F)cc(F)c1. The second-order valence-electron chi connectivity index (χ2n) is 5.63. The quantitative estimate of drug-likeness (QED) is 0.515. The molecule has 1 aromatic heterocycles. The van der Waals surface area contributed by atoms with Gasteiger partial charge in [-0.15, -0.1) is 6.58 Å². The van der Waals surface area contributed by atoms with Crippen molar-refractivity contribution in [3.8, 4) is 0 Å². The lowest BCUT2D eigenvalue weighted by Gasteiger charge is -2.27. The molecule has 0 saturated carbocycles. The number of fused-ring (bicyclic) bond motifs is 1. The monoisotopic (exact) mass is 363 g/mol. The normalized spacial score (nSPS) is 16.3. The van der Waals surface area contributed by atoms with Crippen molar-refractivity contribution >= 4 is 23.5 Å². The average molecular weight is 363 g/mol. The molecule has 0 saturated heterocycles. The summed E-state index contributed by atoms with van der Waals surface area (Å²) in [6.07, 6.45) is 1.60. The molecule has 130 valence electrons. The molecule has 0 aliphatic carbocycles. The average Bonchev–Trinajstić information content (AvgIpc) is 2.55. The standard InChI is InChI=1S/C17H15F2N3O2S/c1-3-4-25-17-21-16(24)14-12(8-13(23)20-15(14)22(17)2)9-5-10(18)7-11(19)6-9/h3,5-7,12H,1,4,8H2,2H3,(H,20,23). The molecular formula is C17H15F2N3O2S. The molecule has 1 aliphatic heterocycles. The largest absolute Gasteiger partial charge is 0.312 e. The van der Waals surface area contributed by atoms with Crippen LogP contribution in [0.2, 0.25) is 0 Å². The van der Waals surface area contributed by atoms with E-state index in [1.807, 2.05) is 0 Å². The van der Waals surface area contributed by atoms with Gasteiger partial charge in [-0.3, -0.25) is 9.59 Å². The van der Waals surface area contributed by atoms with Gasteiger partial charge in [0.2, 0.25) is 5.91 Å². The van der Waals surface area contributed by atoms with Crippen LogP contribution in [0.4, 0.5) is 14.6 Å². The molecule has 1 amide bonds. The number of nitrogens with one attached hydrogen (secondary N) is 1. The number of nitrogens with zero attached hydrogens (tertiary/aromatic N) is 2. The Kier molecular flexibility index (Phi) is 4.71. The second-order valence-corrected chi connectivity index (χ2v) is 6.62. The first-order valence-corrected chi connectivity index (χ1v) is 8.49. The Morgan fingerprint density at radius 2 is 2.04 bits per heavy atom. The van der Waals surface area contributed by atoms with Crippen LogP contribution >= 0.6 is 11.8 Å². The number of thioether (sulfide) groups is 1. The van der Waals surface area contributed by atoms with Crippen LogP contribution in [0.1, 0.15) is 23.5 Å². The molecule has 1 atom stereocenters. The Balaban J connectivity index is 2.18. The predicted octanol–water partition coefficient (Wildman–Crippen LogP) is 2.81. The van der Waals surface area contributed by atoms with E-state index in [1.54, 1.807) is 17.7 Å². The Labute approximate surface area is 146 Å². The molecule has 2 aromatic rings. The van der Waals surface area contributed by atoms with Gasteiger partial charge < -0.3 is 9.88 Å². The van der Waals surface area contributed by atoms with Crippen molar-refractivity contribution in [2.45, 2.75) is 17.5 Å². The molecule has 8 heteroatoms. The maximum absolute atomic E-state index is 13.6. The zero-order valence-electron chi connectivity index (χ0n) is 13.4. The molecule has 0 radical (unpaired) electrons. The Morgan fingerprint density at radius 1 is 1.36 bits per heavy atom. The molecule has 25 heavy (non-hydrogen) atoms. The second kappa shape index (κ2) is 6.79. The van der Waals surface area contributed by atoms with Crippen LogP contribution in [-0.2, 0) is 11.8 Å². The van der Waals surface area contributed by atoms with E-state index in [0.717, 1.165) is 18.2 Å². The summed E-state index contributed by atoms with van der Waals surface area (Å²) in [5, 5.41) is 3.10. The highest BCUT2D eigenvalue weighted by molar-refractivity contribution is 7.99. The summed E-state index contributed by atoms with van der Waals surface area (Å²) < 4.78 is 28.8. The van der Waals surface area contributed by atoms with Crippen molar-refractivity contribution in [2.24, 2.45) is 7.05 Å². The first kappa shape index (κ1) is 17.3. The van der Waals surface area contributed by atoms with Crippen molar-refractivity contribution in [1.82, 2.24) is 9.55 Å². The molecule has 0 spiro atoms. The van der Waals surface area contributed by atoms with E-state index in [9.17, 15) is 18.4 Å². The van der Waals surface area contributed by atoms with Gasteiger partial charge in [0.05, 0.1) is 5.56 Å². The van der Waals surface area contributed by atoms with Crippen molar-refractivity contribution in [2.75, 3.05) is 11.1 Å². The number of carbonyl (C=O) groups is 1. The Bertz CT molecular complexity index is 907. The van der Waals surface area contributed by atoms with Gasteiger partial charge in [0, 0.05) is 31.2 Å². The maximum atomic E-state index is 13.6. The first-order chi connectivity index (χ1) is 11.9. The highest BCUT2D eigenvalue weighted by Crippen LogP contribution is 2.36. The number of hydrogen-bond acceptors (Lipinski definition) is 4. The van der Waals surface area contributed by atoms with Gasteiger partial charge in [-0.2, -0.15) is 4.98 Å². The summed E-state index contributed by atoms with van der Waals surface area (Å²) in [5.41, 5.74) is -0.0524. The van der Waals surface area contributed by atoms with Crippen LogP contribution in [-0.4, -0.2) is 21.2 Å². The van der Waals surface area contributed by atoms with Crippen LogP contribution in [0.3, 0.4) is 0 Å².